The predicted octanol–water partition coefficient (Wildman–Crippen LogP) is -3.16. The van der Waals surface area contributed by atoms with Gasteiger partial charge in [0.1, 0.15) is 26.2 Å². The molecule has 0 radical (unpaired) electrons. The van der Waals surface area contributed by atoms with E-state index in [1.807, 2.05) is 0 Å². The van der Waals surface area contributed by atoms with Crippen molar-refractivity contribution in [3.63, 3.8) is 0 Å². The number of ether oxygens (including phenoxy) is 1. The standard InChI is InChI=1S/C6H13BO5/c7-1-2-3(8)4(9)5(10)6(11)12-2/h2-6,8-11H,1,7H2/t2-,3-,4+,5-,6?/m1/s1. The lowest BCUT2D eigenvalue weighted by molar-refractivity contribution is -0.277. The average molecular weight is 176 g/mol. The number of hydrogen-bond donors (Lipinski definition) is 4. The topological polar surface area (TPSA) is 90.2 Å². The molecule has 0 amide bonds. The third kappa shape index (κ3) is 1.62. The second kappa shape index (κ2) is 3.72. The molecule has 1 saturated heterocycles. The minimum atomic E-state index is -1.43. The van der Waals surface area contributed by atoms with Gasteiger partial charge in [-0.15, -0.1) is 0 Å². The molecule has 1 aliphatic rings. The molecule has 1 aliphatic heterocycles. The Balaban J connectivity index is 2.63. The number of aliphatic hydroxyl groups excluding tert-OH is 4. The summed E-state index contributed by atoms with van der Waals surface area (Å²) in [5.41, 5.74) is 0. The van der Waals surface area contributed by atoms with Crippen molar-refractivity contribution in [1.29, 1.82) is 0 Å². The molecule has 6 heteroatoms. The zero-order valence-electron chi connectivity index (χ0n) is 6.79. The van der Waals surface area contributed by atoms with E-state index in [0.29, 0.717) is 6.32 Å². The smallest absolute Gasteiger partial charge is 0.183 e. The largest absolute Gasteiger partial charge is 0.388 e. The summed E-state index contributed by atoms with van der Waals surface area (Å²) in [4.78, 5) is 0. The summed E-state index contributed by atoms with van der Waals surface area (Å²) in [5, 5.41) is 36.5. The van der Waals surface area contributed by atoms with Gasteiger partial charge in [0.25, 0.3) is 0 Å². The van der Waals surface area contributed by atoms with E-state index in [9.17, 15) is 10.2 Å². The van der Waals surface area contributed by atoms with Crippen molar-refractivity contribution in [3.05, 3.63) is 0 Å². The van der Waals surface area contributed by atoms with E-state index < -0.39 is 30.7 Å². The third-order valence-corrected chi connectivity index (χ3v) is 2.09. The van der Waals surface area contributed by atoms with E-state index in [0.717, 1.165) is 0 Å². The lowest BCUT2D eigenvalue weighted by Crippen LogP contribution is -2.57. The van der Waals surface area contributed by atoms with Crippen LogP contribution < -0.4 is 0 Å². The zero-order chi connectivity index (χ0) is 9.30. The molecule has 1 unspecified atom stereocenters. The van der Waals surface area contributed by atoms with E-state index in [1.165, 1.54) is 0 Å². The first-order valence-electron chi connectivity index (χ1n) is 3.95. The molecule has 70 valence electrons. The minimum Gasteiger partial charge on any atom is -0.388 e. The molecule has 0 aromatic carbocycles. The van der Waals surface area contributed by atoms with Crippen LogP contribution in [0.1, 0.15) is 0 Å². The first-order valence-corrected chi connectivity index (χ1v) is 3.95. The molecule has 5 nitrogen and oxygen atoms in total. The van der Waals surface area contributed by atoms with Gasteiger partial charge < -0.3 is 25.2 Å². The van der Waals surface area contributed by atoms with Crippen LogP contribution >= 0.6 is 0 Å². The van der Waals surface area contributed by atoms with Gasteiger partial charge in [-0.2, -0.15) is 0 Å². The molecule has 0 aromatic heterocycles. The van der Waals surface area contributed by atoms with Gasteiger partial charge in [0.05, 0.1) is 6.10 Å². The molecule has 1 heterocycles. The third-order valence-electron chi connectivity index (χ3n) is 2.09. The average Bonchev–Trinajstić information content (AvgIpc) is 2.08. The summed E-state index contributed by atoms with van der Waals surface area (Å²) in [6, 6.07) is 0. The van der Waals surface area contributed by atoms with Crippen molar-refractivity contribution in [2.75, 3.05) is 0 Å². The highest BCUT2D eigenvalue weighted by molar-refractivity contribution is 6.08. The number of hydrogen-bond acceptors (Lipinski definition) is 5. The first-order chi connectivity index (χ1) is 5.57. The van der Waals surface area contributed by atoms with Crippen LogP contribution in [0.3, 0.4) is 0 Å². The molecule has 0 bridgehead atoms. The fourth-order valence-electron chi connectivity index (χ4n) is 1.27. The van der Waals surface area contributed by atoms with Crippen LogP contribution in [0.5, 0.6) is 0 Å². The Morgan fingerprint density at radius 2 is 1.58 bits per heavy atom. The van der Waals surface area contributed by atoms with Gasteiger partial charge in [-0.3, -0.25) is 0 Å². The van der Waals surface area contributed by atoms with Crippen molar-refractivity contribution >= 4 is 7.85 Å². The molecule has 0 saturated carbocycles. The number of aliphatic hydroxyl groups is 4. The van der Waals surface area contributed by atoms with Crippen LogP contribution in [0.2, 0.25) is 6.32 Å². The summed E-state index contributed by atoms with van der Waals surface area (Å²) >= 11 is 0. The normalized spacial score (nSPS) is 49.2. The molecule has 1 fully saturated rings. The second-order valence-corrected chi connectivity index (χ2v) is 2.95. The van der Waals surface area contributed by atoms with E-state index in [2.05, 4.69) is 0 Å². The van der Waals surface area contributed by atoms with Gasteiger partial charge in [-0.05, 0) is 0 Å². The quantitative estimate of drug-likeness (QED) is 0.316. The van der Waals surface area contributed by atoms with E-state index in [4.69, 9.17) is 14.9 Å². The highest BCUT2D eigenvalue weighted by atomic mass is 16.6. The maximum atomic E-state index is 9.28. The minimum absolute atomic E-state index is 0.474. The first kappa shape index (κ1) is 9.95. The molecular weight excluding hydrogens is 163 g/mol. The van der Waals surface area contributed by atoms with Crippen molar-refractivity contribution < 1.29 is 25.2 Å². The van der Waals surface area contributed by atoms with E-state index in [-0.39, 0.29) is 0 Å². The van der Waals surface area contributed by atoms with Gasteiger partial charge in [0, 0.05) is 0 Å². The van der Waals surface area contributed by atoms with Crippen molar-refractivity contribution in [2.24, 2.45) is 0 Å². The monoisotopic (exact) mass is 176 g/mol. The molecule has 12 heavy (non-hydrogen) atoms. The maximum absolute atomic E-state index is 9.28. The summed E-state index contributed by atoms with van der Waals surface area (Å²) in [6.07, 6.45) is -5.44. The second-order valence-electron chi connectivity index (χ2n) is 2.95. The summed E-state index contributed by atoms with van der Waals surface area (Å²) in [6.45, 7) is 0. The summed E-state index contributed by atoms with van der Waals surface area (Å²) < 4.78 is 4.83. The van der Waals surface area contributed by atoms with Crippen molar-refractivity contribution in [2.45, 2.75) is 37.0 Å². The van der Waals surface area contributed by atoms with Gasteiger partial charge in [0.15, 0.2) is 6.29 Å². The van der Waals surface area contributed by atoms with Gasteiger partial charge in [0.2, 0.25) is 0 Å². The Labute approximate surface area is 71.0 Å². The van der Waals surface area contributed by atoms with Crippen LogP contribution in [-0.2, 0) is 4.74 Å². The van der Waals surface area contributed by atoms with Crippen molar-refractivity contribution in [3.8, 4) is 0 Å². The highest BCUT2D eigenvalue weighted by Gasteiger charge is 2.41. The molecule has 1 rings (SSSR count). The molecule has 5 atom stereocenters. The highest BCUT2D eigenvalue weighted by Crippen LogP contribution is 2.21. The van der Waals surface area contributed by atoms with Crippen LogP contribution in [0.4, 0.5) is 0 Å². The predicted molar refractivity (Wildman–Crippen MR) is 42.3 cm³/mol. The molecule has 4 N–H and O–H groups in total. The van der Waals surface area contributed by atoms with Crippen LogP contribution in [0.25, 0.3) is 0 Å². The fraction of sp³-hybridized carbons (Fsp3) is 1.00. The number of rotatable bonds is 1. The van der Waals surface area contributed by atoms with Crippen LogP contribution in [0, 0.1) is 0 Å². The fourth-order valence-corrected chi connectivity index (χ4v) is 1.27. The van der Waals surface area contributed by atoms with Gasteiger partial charge in [-0.25, -0.2) is 0 Å². The maximum Gasteiger partial charge on any atom is 0.183 e. The molecule has 0 spiro atoms. The van der Waals surface area contributed by atoms with Crippen LogP contribution in [0.15, 0.2) is 0 Å². The van der Waals surface area contributed by atoms with Gasteiger partial charge in [-0.1, -0.05) is 6.32 Å². The SMILES string of the molecule is BC[C@H]1OC(O)[C@H](O)[C@@H](O)[C@@H]1O. The molecule has 0 aliphatic carbocycles. The Bertz CT molecular complexity index is 150. The lowest BCUT2D eigenvalue weighted by atomic mass is 9.89. The van der Waals surface area contributed by atoms with E-state index in [1.54, 1.807) is 7.85 Å². The van der Waals surface area contributed by atoms with Crippen molar-refractivity contribution in [1.82, 2.24) is 0 Å². The lowest BCUT2D eigenvalue weighted by Gasteiger charge is -2.37. The summed E-state index contributed by atoms with van der Waals surface area (Å²) in [7, 11) is 1.75. The Kier molecular flexibility index (Phi) is 3.08. The van der Waals surface area contributed by atoms with Gasteiger partial charge >= 0.3 is 0 Å². The molecular formula is C6H13BO5. The van der Waals surface area contributed by atoms with E-state index >= 15 is 0 Å². The Morgan fingerprint density at radius 1 is 1.00 bits per heavy atom. The Morgan fingerprint density at radius 3 is 2.08 bits per heavy atom. The Hall–Kier alpha value is -0.135. The van der Waals surface area contributed by atoms with Crippen LogP contribution in [-0.4, -0.2) is 59.0 Å². The molecule has 0 aromatic rings. The zero-order valence-corrected chi connectivity index (χ0v) is 6.79. The summed E-state index contributed by atoms with van der Waals surface area (Å²) in [5.74, 6) is 0.